The van der Waals surface area contributed by atoms with Crippen LogP contribution in [0.5, 0.6) is 11.5 Å². The molecule has 0 spiro atoms. The van der Waals surface area contributed by atoms with Crippen LogP contribution in [0.3, 0.4) is 0 Å². The van der Waals surface area contributed by atoms with Crippen molar-refractivity contribution in [2.75, 3.05) is 19.5 Å². The van der Waals surface area contributed by atoms with Gasteiger partial charge in [0.25, 0.3) is 5.91 Å². The van der Waals surface area contributed by atoms with E-state index in [9.17, 15) is 4.79 Å². The lowest BCUT2D eigenvalue weighted by Crippen LogP contribution is -2.13. The first-order chi connectivity index (χ1) is 11.1. The number of hydrogen-bond acceptors (Lipinski definition) is 5. The van der Waals surface area contributed by atoms with E-state index in [1.807, 2.05) is 0 Å². The number of fused-ring (bicyclic) bond motifs is 1. The van der Waals surface area contributed by atoms with Gasteiger partial charge in [-0.3, -0.25) is 10.1 Å². The number of anilines is 1. The molecule has 5 nitrogen and oxygen atoms in total. The van der Waals surface area contributed by atoms with Gasteiger partial charge in [-0.1, -0.05) is 6.92 Å². The maximum Gasteiger partial charge on any atom is 0.261 e. The van der Waals surface area contributed by atoms with E-state index in [-0.39, 0.29) is 5.91 Å². The predicted molar refractivity (Wildman–Crippen MR) is 90.8 cm³/mol. The molecule has 2 aromatic rings. The summed E-state index contributed by atoms with van der Waals surface area (Å²) in [5.41, 5.74) is 1.60. The fourth-order valence-electron chi connectivity index (χ4n) is 2.74. The predicted octanol–water partition coefficient (Wildman–Crippen LogP) is 3.54. The average molecular weight is 332 g/mol. The molecule has 0 saturated heterocycles. The molecule has 122 valence electrons. The maximum absolute atomic E-state index is 12.5. The van der Waals surface area contributed by atoms with E-state index in [1.54, 1.807) is 36.6 Å². The van der Waals surface area contributed by atoms with Gasteiger partial charge in [0.2, 0.25) is 0 Å². The zero-order valence-electron chi connectivity index (χ0n) is 13.5. The molecule has 0 unspecified atom stereocenters. The van der Waals surface area contributed by atoms with Crippen LogP contribution < -0.4 is 14.8 Å². The Kier molecular flexibility index (Phi) is 4.52. The number of benzene rings is 1. The maximum atomic E-state index is 12.5. The largest absolute Gasteiger partial charge is 0.497 e. The standard InChI is InChI=1S/C17H20N2O3S/c1-10-4-7-13-15(8-10)23-17(18-13)19-16(20)12-6-5-11(21-2)9-14(12)22-3/h5-6,9-10H,4,7-8H2,1-3H3,(H,18,19,20)/t10-/m1/s1. The Morgan fingerprint density at radius 2 is 2.17 bits per heavy atom. The minimum Gasteiger partial charge on any atom is -0.497 e. The fraction of sp³-hybridized carbons (Fsp3) is 0.412. The molecule has 1 aromatic heterocycles. The van der Waals surface area contributed by atoms with Gasteiger partial charge in [0.15, 0.2) is 5.13 Å². The molecule has 1 aliphatic carbocycles. The summed E-state index contributed by atoms with van der Waals surface area (Å²) in [6.07, 6.45) is 3.21. The summed E-state index contributed by atoms with van der Waals surface area (Å²) in [5.74, 6) is 1.60. The van der Waals surface area contributed by atoms with Crippen LogP contribution in [-0.2, 0) is 12.8 Å². The molecule has 6 heteroatoms. The summed E-state index contributed by atoms with van der Waals surface area (Å²) in [5, 5.41) is 3.55. The Hall–Kier alpha value is -2.08. The number of ether oxygens (including phenoxy) is 2. The van der Waals surface area contributed by atoms with Crippen molar-refractivity contribution >= 4 is 22.4 Å². The highest BCUT2D eigenvalue weighted by Crippen LogP contribution is 2.33. The Morgan fingerprint density at radius 1 is 1.35 bits per heavy atom. The lowest BCUT2D eigenvalue weighted by atomic mass is 9.93. The number of aryl methyl sites for hydroxylation is 1. The molecule has 1 heterocycles. The summed E-state index contributed by atoms with van der Waals surface area (Å²) in [4.78, 5) is 18.4. The Bertz CT molecular complexity index is 727. The zero-order valence-corrected chi connectivity index (χ0v) is 14.3. The Morgan fingerprint density at radius 3 is 2.91 bits per heavy atom. The highest BCUT2D eigenvalue weighted by molar-refractivity contribution is 7.15. The highest BCUT2D eigenvalue weighted by atomic mass is 32.1. The first-order valence-corrected chi connectivity index (χ1v) is 8.44. The molecule has 1 aliphatic rings. The summed E-state index contributed by atoms with van der Waals surface area (Å²) >= 11 is 1.57. The summed E-state index contributed by atoms with van der Waals surface area (Å²) in [6.45, 7) is 2.25. The normalized spacial score (nSPS) is 16.6. The highest BCUT2D eigenvalue weighted by Gasteiger charge is 2.21. The molecule has 1 atom stereocenters. The van der Waals surface area contributed by atoms with Crippen molar-refractivity contribution in [2.24, 2.45) is 5.92 Å². The first kappa shape index (κ1) is 15.8. The molecule has 0 fully saturated rings. The third-order valence-electron chi connectivity index (χ3n) is 4.06. The molecule has 0 aliphatic heterocycles. The summed E-state index contributed by atoms with van der Waals surface area (Å²) in [6, 6.07) is 5.14. The van der Waals surface area contributed by atoms with Gasteiger partial charge in [-0.05, 0) is 37.3 Å². The quantitative estimate of drug-likeness (QED) is 0.930. The van der Waals surface area contributed by atoms with Gasteiger partial charge in [0.05, 0.1) is 25.5 Å². The van der Waals surface area contributed by atoms with Gasteiger partial charge >= 0.3 is 0 Å². The third kappa shape index (κ3) is 3.32. The molecule has 0 bridgehead atoms. The van der Waals surface area contributed by atoms with Crippen LogP contribution in [0.4, 0.5) is 5.13 Å². The van der Waals surface area contributed by atoms with E-state index in [4.69, 9.17) is 9.47 Å². The smallest absolute Gasteiger partial charge is 0.261 e. The number of amides is 1. The second kappa shape index (κ2) is 6.58. The van der Waals surface area contributed by atoms with E-state index in [0.717, 1.165) is 25.0 Å². The summed E-state index contributed by atoms with van der Waals surface area (Å²) in [7, 11) is 3.12. The van der Waals surface area contributed by atoms with Crippen molar-refractivity contribution in [3.8, 4) is 11.5 Å². The number of methoxy groups -OCH3 is 2. The number of hydrogen-bond donors (Lipinski definition) is 1. The molecular weight excluding hydrogens is 312 g/mol. The van der Waals surface area contributed by atoms with E-state index >= 15 is 0 Å². The Balaban J connectivity index is 1.79. The number of aromatic nitrogens is 1. The second-order valence-corrected chi connectivity index (χ2v) is 6.84. The van der Waals surface area contributed by atoms with Gasteiger partial charge < -0.3 is 9.47 Å². The van der Waals surface area contributed by atoms with Gasteiger partial charge in [0, 0.05) is 10.9 Å². The van der Waals surface area contributed by atoms with Crippen LogP contribution in [0.15, 0.2) is 18.2 Å². The molecule has 0 saturated carbocycles. The van der Waals surface area contributed by atoms with Crippen LogP contribution in [0, 0.1) is 5.92 Å². The van der Waals surface area contributed by atoms with Crippen LogP contribution in [0.1, 0.15) is 34.3 Å². The number of nitrogens with one attached hydrogen (secondary N) is 1. The van der Waals surface area contributed by atoms with Gasteiger partial charge in [0.1, 0.15) is 11.5 Å². The van der Waals surface area contributed by atoms with Crippen LogP contribution in [0.25, 0.3) is 0 Å². The lowest BCUT2D eigenvalue weighted by Gasteiger charge is -2.15. The van der Waals surface area contributed by atoms with Gasteiger partial charge in [-0.15, -0.1) is 11.3 Å². The number of nitrogens with zero attached hydrogens (tertiary/aromatic N) is 1. The van der Waals surface area contributed by atoms with Crippen molar-refractivity contribution in [3.63, 3.8) is 0 Å². The number of carbonyl (C=O) groups excluding carboxylic acids is 1. The topological polar surface area (TPSA) is 60.5 Å². The minimum atomic E-state index is -0.219. The molecule has 3 rings (SSSR count). The van der Waals surface area contributed by atoms with Crippen molar-refractivity contribution in [2.45, 2.75) is 26.2 Å². The van der Waals surface area contributed by atoms with Crippen LogP contribution >= 0.6 is 11.3 Å². The Labute approximate surface area is 139 Å². The number of thiazole rings is 1. The van der Waals surface area contributed by atoms with Crippen LogP contribution in [0.2, 0.25) is 0 Å². The van der Waals surface area contributed by atoms with E-state index < -0.39 is 0 Å². The zero-order chi connectivity index (χ0) is 16.4. The van der Waals surface area contributed by atoms with Crippen LogP contribution in [-0.4, -0.2) is 25.1 Å². The number of carbonyl (C=O) groups is 1. The first-order valence-electron chi connectivity index (χ1n) is 7.62. The van der Waals surface area contributed by atoms with Crippen molar-refractivity contribution in [1.82, 2.24) is 4.98 Å². The molecular formula is C17H20N2O3S. The molecule has 1 N–H and O–H groups in total. The molecule has 1 aromatic carbocycles. The van der Waals surface area contributed by atoms with Crippen molar-refractivity contribution in [1.29, 1.82) is 0 Å². The monoisotopic (exact) mass is 332 g/mol. The molecule has 23 heavy (non-hydrogen) atoms. The van der Waals surface area contributed by atoms with Gasteiger partial charge in [-0.25, -0.2) is 4.98 Å². The second-order valence-electron chi connectivity index (χ2n) is 5.76. The summed E-state index contributed by atoms with van der Waals surface area (Å²) < 4.78 is 10.4. The molecule has 0 radical (unpaired) electrons. The third-order valence-corrected chi connectivity index (χ3v) is 5.10. The molecule has 1 amide bonds. The van der Waals surface area contributed by atoms with Crippen molar-refractivity contribution < 1.29 is 14.3 Å². The number of rotatable bonds is 4. The van der Waals surface area contributed by atoms with E-state index in [1.165, 1.54) is 12.0 Å². The SMILES string of the molecule is COc1ccc(C(=O)Nc2nc3c(s2)C[C@H](C)CC3)c(OC)c1. The average Bonchev–Trinajstić information content (AvgIpc) is 2.95. The fourth-order valence-corrected chi connectivity index (χ4v) is 3.91. The van der Waals surface area contributed by atoms with E-state index in [0.29, 0.717) is 28.1 Å². The van der Waals surface area contributed by atoms with Gasteiger partial charge in [-0.2, -0.15) is 0 Å². The lowest BCUT2D eigenvalue weighted by molar-refractivity contribution is 0.102. The van der Waals surface area contributed by atoms with Crippen molar-refractivity contribution in [3.05, 3.63) is 34.3 Å². The minimum absolute atomic E-state index is 0.219. The van der Waals surface area contributed by atoms with E-state index in [2.05, 4.69) is 17.2 Å².